The number of ether oxygens (including phenoxy) is 1. The number of para-hydroxylation sites is 1. The van der Waals surface area contributed by atoms with Gasteiger partial charge in [0.15, 0.2) is 4.80 Å². The Balaban J connectivity index is 1.83. The minimum absolute atomic E-state index is 0.190. The lowest BCUT2D eigenvalue weighted by Crippen LogP contribution is -2.41. The molecule has 3 heterocycles. The Morgan fingerprint density at radius 2 is 1.83 bits per heavy atom. The molecular weight excluding hydrogens is 486 g/mol. The fourth-order valence-corrected chi connectivity index (χ4v) is 5.88. The van der Waals surface area contributed by atoms with Gasteiger partial charge in [-0.05, 0) is 44.5 Å². The van der Waals surface area contributed by atoms with Gasteiger partial charge in [0.25, 0.3) is 11.5 Å². The molecule has 0 unspecified atom stereocenters. The van der Waals surface area contributed by atoms with Crippen LogP contribution in [-0.4, -0.2) is 29.6 Å². The normalized spacial score (nSPS) is 18.3. The number of anilines is 1. The summed E-state index contributed by atoms with van der Waals surface area (Å²) in [5, 5.41) is 0.537. The Morgan fingerprint density at radius 1 is 1.11 bits per heavy atom. The molecule has 0 radical (unpaired) electrons. The molecule has 0 saturated carbocycles. The highest BCUT2D eigenvalue weighted by Crippen LogP contribution is 2.35. The highest BCUT2D eigenvalue weighted by Gasteiger charge is 2.36. The zero-order chi connectivity index (χ0) is 24.9. The van der Waals surface area contributed by atoms with Crippen LogP contribution in [0.4, 0.5) is 5.69 Å². The summed E-state index contributed by atoms with van der Waals surface area (Å²) in [6.07, 6.45) is 0. The van der Waals surface area contributed by atoms with Crippen molar-refractivity contribution in [2.24, 2.45) is 4.99 Å². The first-order valence-electron chi connectivity index (χ1n) is 11.3. The molecule has 0 fully saturated rings. The van der Waals surface area contributed by atoms with Crippen molar-refractivity contribution in [2.45, 2.75) is 26.8 Å². The topological polar surface area (TPSA) is 81.0 Å². The molecule has 1 atom stereocenters. The van der Waals surface area contributed by atoms with Crippen LogP contribution in [0.25, 0.3) is 5.57 Å². The van der Waals surface area contributed by atoms with Gasteiger partial charge in [-0.25, -0.2) is 9.79 Å². The number of aromatic nitrogens is 1. The van der Waals surface area contributed by atoms with E-state index in [2.05, 4.69) is 4.99 Å². The van der Waals surface area contributed by atoms with Gasteiger partial charge in [0.2, 0.25) is 0 Å². The number of likely N-dealkylation sites (N-methyl/N-ethyl adjacent to an activating group) is 1. The molecule has 7 nitrogen and oxygen atoms in total. The van der Waals surface area contributed by atoms with Gasteiger partial charge in [0.05, 0.1) is 35.2 Å². The second-order valence-electron chi connectivity index (χ2n) is 8.12. The fraction of sp³-hybridized carbons (Fsp3) is 0.231. The van der Waals surface area contributed by atoms with Gasteiger partial charge >= 0.3 is 5.97 Å². The summed E-state index contributed by atoms with van der Waals surface area (Å²) >= 11 is 7.27. The fourth-order valence-electron chi connectivity index (χ4n) is 4.62. The summed E-state index contributed by atoms with van der Waals surface area (Å²) in [5.74, 6) is -0.755. The van der Waals surface area contributed by atoms with Crippen LogP contribution in [0.1, 0.15) is 37.9 Å². The van der Waals surface area contributed by atoms with E-state index in [1.54, 1.807) is 43.0 Å². The summed E-state index contributed by atoms with van der Waals surface area (Å²) < 4.78 is 7.11. The molecule has 5 rings (SSSR count). The monoisotopic (exact) mass is 507 g/mol. The van der Waals surface area contributed by atoms with Crippen LogP contribution in [-0.2, 0) is 14.3 Å². The Bertz CT molecular complexity index is 1580. The number of halogens is 1. The van der Waals surface area contributed by atoms with Crippen molar-refractivity contribution in [2.75, 3.05) is 18.1 Å². The zero-order valence-electron chi connectivity index (χ0n) is 19.4. The molecule has 2 aliphatic heterocycles. The molecule has 3 aromatic rings. The van der Waals surface area contributed by atoms with Crippen molar-refractivity contribution in [3.05, 3.63) is 95.6 Å². The molecule has 0 spiro atoms. The van der Waals surface area contributed by atoms with Crippen molar-refractivity contribution in [1.29, 1.82) is 0 Å². The van der Waals surface area contributed by atoms with E-state index in [0.717, 1.165) is 17.0 Å². The molecule has 1 amide bonds. The first kappa shape index (κ1) is 23.3. The number of carbonyl (C=O) groups is 2. The maximum atomic E-state index is 14.0. The van der Waals surface area contributed by atoms with Crippen molar-refractivity contribution in [1.82, 2.24) is 4.57 Å². The number of hydrogen-bond acceptors (Lipinski definition) is 6. The third-order valence-corrected chi connectivity index (χ3v) is 7.45. The number of amides is 1. The molecule has 0 N–H and O–H groups in total. The molecule has 0 bridgehead atoms. The van der Waals surface area contributed by atoms with Gasteiger partial charge in [-0.1, -0.05) is 53.3 Å². The van der Waals surface area contributed by atoms with E-state index in [-0.39, 0.29) is 23.6 Å². The summed E-state index contributed by atoms with van der Waals surface area (Å²) in [6, 6.07) is 13.7. The van der Waals surface area contributed by atoms with Crippen LogP contribution in [0, 0.1) is 0 Å². The standard InChI is InChI=1S/C26H22ClN3O4S/c1-4-29-18-9-7-6-8-17(18)20(23(29)31)22-24(32)30-21(15-10-12-16(27)13-11-15)19(25(33)34-5-2)14(3)28-26(30)35-22/h6-13,21H,4-5H2,1-3H3/b22-20+/t21-/m1/s1. The lowest BCUT2D eigenvalue weighted by Gasteiger charge is -2.24. The van der Waals surface area contributed by atoms with Gasteiger partial charge in [0, 0.05) is 17.1 Å². The molecular formula is C26H22ClN3O4S. The summed E-state index contributed by atoms with van der Waals surface area (Å²) in [7, 11) is 0. The largest absolute Gasteiger partial charge is 0.463 e. The maximum Gasteiger partial charge on any atom is 0.338 e. The van der Waals surface area contributed by atoms with Gasteiger partial charge in [-0.3, -0.25) is 14.2 Å². The van der Waals surface area contributed by atoms with Gasteiger partial charge < -0.3 is 9.64 Å². The maximum absolute atomic E-state index is 14.0. The number of allylic oxidation sites excluding steroid dienone is 1. The minimum atomic E-state index is -0.758. The smallest absolute Gasteiger partial charge is 0.338 e. The van der Waals surface area contributed by atoms with Crippen molar-refractivity contribution in [3.63, 3.8) is 0 Å². The predicted molar refractivity (Wildman–Crippen MR) is 135 cm³/mol. The minimum Gasteiger partial charge on any atom is -0.463 e. The average Bonchev–Trinajstić information content (AvgIpc) is 3.31. The molecule has 2 aliphatic rings. The second kappa shape index (κ2) is 8.94. The van der Waals surface area contributed by atoms with E-state index in [1.165, 1.54) is 4.57 Å². The Hall–Kier alpha value is -3.49. The number of thiazole rings is 1. The molecule has 2 aromatic carbocycles. The van der Waals surface area contributed by atoms with Gasteiger partial charge in [0.1, 0.15) is 4.53 Å². The summed E-state index contributed by atoms with van der Waals surface area (Å²) in [6.45, 7) is 6.02. The lowest BCUT2D eigenvalue weighted by atomic mass is 9.96. The molecule has 0 saturated heterocycles. The van der Waals surface area contributed by atoms with E-state index < -0.39 is 12.0 Å². The van der Waals surface area contributed by atoms with Crippen LogP contribution in [0.3, 0.4) is 0 Å². The number of hydrogen-bond donors (Lipinski definition) is 0. The molecule has 1 aromatic heterocycles. The highest BCUT2D eigenvalue weighted by molar-refractivity contribution is 7.07. The zero-order valence-corrected chi connectivity index (χ0v) is 20.9. The molecule has 35 heavy (non-hydrogen) atoms. The average molecular weight is 508 g/mol. The van der Waals surface area contributed by atoms with Crippen molar-refractivity contribution >= 4 is 46.1 Å². The summed E-state index contributed by atoms with van der Waals surface area (Å²) in [5.41, 5.74) is 2.92. The van der Waals surface area contributed by atoms with Crippen LogP contribution < -0.4 is 19.8 Å². The number of rotatable bonds is 4. The van der Waals surface area contributed by atoms with E-state index >= 15 is 0 Å². The third kappa shape index (κ3) is 3.64. The van der Waals surface area contributed by atoms with E-state index in [0.29, 0.717) is 43.3 Å². The van der Waals surface area contributed by atoms with Crippen LogP contribution in [0.15, 0.2) is 69.6 Å². The predicted octanol–water partition coefficient (Wildman–Crippen LogP) is 3.19. The first-order chi connectivity index (χ1) is 16.9. The lowest BCUT2D eigenvalue weighted by molar-refractivity contribution is -0.139. The van der Waals surface area contributed by atoms with Crippen molar-refractivity contribution < 1.29 is 14.3 Å². The molecule has 178 valence electrons. The summed E-state index contributed by atoms with van der Waals surface area (Å²) in [4.78, 5) is 47.0. The number of esters is 1. The first-order valence-corrected chi connectivity index (χ1v) is 12.5. The number of fused-ring (bicyclic) bond motifs is 2. The Kier molecular flexibility index (Phi) is 5.94. The van der Waals surface area contributed by atoms with E-state index in [9.17, 15) is 14.4 Å². The van der Waals surface area contributed by atoms with Crippen molar-refractivity contribution in [3.8, 4) is 0 Å². The van der Waals surface area contributed by atoms with Crippen LogP contribution in [0.5, 0.6) is 0 Å². The highest BCUT2D eigenvalue weighted by atomic mass is 35.5. The van der Waals surface area contributed by atoms with E-state index in [4.69, 9.17) is 16.3 Å². The number of carbonyl (C=O) groups excluding carboxylic acids is 2. The molecule has 9 heteroatoms. The second-order valence-corrected chi connectivity index (χ2v) is 9.53. The van der Waals surface area contributed by atoms with Gasteiger partial charge in [-0.2, -0.15) is 0 Å². The Labute approximate surface area is 210 Å². The number of nitrogens with zero attached hydrogens (tertiary/aromatic N) is 3. The molecule has 0 aliphatic carbocycles. The van der Waals surface area contributed by atoms with Gasteiger partial charge in [-0.15, -0.1) is 0 Å². The van der Waals surface area contributed by atoms with E-state index in [1.807, 2.05) is 31.2 Å². The SMILES string of the molecule is CCOC(=O)C1=C(C)N=c2s/c(=C3/C(=O)N(CC)c4ccccc43)c(=O)n2[C@@H]1c1ccc(Cl)cc1. The number of benzene rings is 2. The van der Waals surface area contributed by atoms with Crippen LogP contribution >= 0.6 is 22.9 Å². The quantitative estimate of drug-likeness (QED) is 0.508. The third-order valence-electron chi connectivity index (χ3n) is 6.14. The Morgan fingerprint density at radius 3 is 2.51 bits per heavy atom. The van der Waals surface area contributed by atoms with Crippen LogP contribution in [0.2, 0.25) is 5.02 Å².